The van der Waals surface area contributed by atoms with Crippen molar-refractivity contribution in [1.82, 2.24) is 0 Å². The molecule has 0 unspecified atom stereocenters. The topological polar surface area (TPSA) is 41.9 Å². The third-order valence-electron chi connectivity index (χ3n) is 1.75. The van der Waals surface area contributed by atoms with E-state index in [-0.39, 0.29) is 0 Å². The first-order valence-corrected chi connectivity index (χ1v) is 3.87. The van der Waals surface area contributed by atoms with Gasteiger partial charge in [-0.2, -0.15) is 0 Å². The zero-order valence-corrected chi connectivity index (χ0v) is 7.94. The molecule has 4 nitrogen and oxygen atoms in total. The highest BCUT2D eigenvalue weighted by Crippen LogP contribution is 2.30. The molecule has 0 radical (unpaired) electrons. The van der Waals surface area contributed by atoms with Gasteiger partial charge in [-0.15, -0.1) is 4.91 Å². The number of methoxy groups -OCH3 is 1. The fourth-order valence-electron chi connectivity index (χ4n) is 1.08. The van der Waals surface area contributed by atoms with Crippen LogP contribution in [-0.2, 0) is 0 Å². The SMILES string of the molecule is COc1ccc(N=O)cc1N(C)C. The molecule has 0 saturated heterocycles. The maximum atomic E-state index is 10.3. The Morgan fingerprint density at radius 2 is 2.08 bits per heavy atom. The summed E-state index contributed by atoms with van der Waals surface area (Å²) in [5.74, 6) is 0.734. The first-order valence-electron chi connectivity index (χ1n) is 3.87. The number of ether oxygens (including phenoxy) is 1. The molecule has 0 atom stereocenters. The van der Waals surface area contributed by atoms with Crippen LogP contribution in [0.2, 0.25) is 0 Å². The summed E-state index contributed by atoms with van der Waals surface area (Å²) in [7, 11) is 5.36. The van der Waals surface area contributed by atoms with Gasteiger partial charge in [0.2, 0.25) is 0 Å². The summed E-state index contributed by atoms with van der Waals surface area (Å²) in [6, 6.07) is 5.04. The summed E-state index contributed by atoms with van der Waals surface area (Å²) in [4.78, 5) is 12.1. The molecular weight excluding hydrogens is 168 g/mol. The molecule has 0 aliphatic carbocycles. The van der Waals surface area contributed by atoms with Gasteiger partial charge in [0.15, 0.2) is 0 Å². The van der Waals surface area contributed by atoms with Gasteiger partial charge in [0, 0.05) is 14.1 Å². The van der Waals surface area contributed by atoms with E-state index >= 15 is 0 Å². The normalized spacial score (nSPS) is 9.46. The van der Waals surface area contributed by atoms with Crippen molar-refractivity contribution in [3.63, 3.8) is 0 Å². The molecule has 0 bridgehead atoms. The maximum absolute atomic E-state index is 10.3. The molecule has 1 aromatic carbocycles. The van der Waals surface area contributed by atoms with Crippen LogP contribution in [0.15, 0.2) is 23.4 Å². The molecule has 0 aromatic heterocycles. The number of hydrogen-bond donors (Lipinski definition) is 0. The molecule has 0 N–H and O–H groups in total. The van der Waals surface area contributed by atoms with Crippen LogP contribution in [0.1, 0.15) is 0 Å². The first kappa shape index (κ1) is 9.51. The Kier molecular flexibility index (Phi) is 2.84. The minimum absolute atomic E-state index is 0.407. The Hall–Kier alpha value is -1.58. The average molecular weight is 180 g/mol. The molecule has 1 aromatic rings. The second-order valence-corrected chi connectivity index (χ2v) is 2.84. The van der Waals surface area contributed by atoms with E-state index in [0.717, 1.165) is 11.4 Å². The summed E-state index contributed by atoms with van der Waals surface area (Å²) in [6.45, 7) is 0. The van der Waals surface area contributed by atoms with Crippen molar-refractivity contribution in [2.24, 2.45) is 5.18 Å². The number of nitrogens with zero attached hydrogens (tertiary/aromatic N) is 2. The van der Waals surface area contributed by atoms with Gasteiger partial charge in [-0.3, -0.25) is 0 Å². The lowest BCUT2D eigenvalue weighted by Crippen LogP contribution is -2.09. The summed E-state index contributed by atoms with van der Waals surface area (Å²) < 4.78 is 5.12. The molecule has 0 spiro atoms. The van der Waals surface area contributed by atoms with Gasteiger partial charge in [-0.1, -0.05) is 0 Å². The van der Waals surface area contributed by atoms with E-state index in [1.165, 1.54) is 0 Å². The van der Waals surface area contributed by atoms with Crippen LogP contribution in [-0.4, -0.2) is 21.2 Å². The lowest BCUT2D eigenvalue weighted by atomic mass is 10.2. The standard InChI is InChI=1S/C9H12N2O2/c1-11(2)8-6-7(10-12)4-5-9(8)13-3/h4-6H,1-3H3. The fraction of sp³-hybridized carbons (Fsp3) is 0.333. The number of rotatable bonds is 3. The van der Waals surface area contributed by atoms with Crippen LogP contribution >= 0.6 is 0 Å². The zero-order chi connectivity index (χ0) is 9.84. The largest absolute Gasteiger partial charge is 0.495 e. The van der Waals surface area contributed by atoms with Crippen molar-refractivity contribution in [1.29, 1.82) is 0 Å². The molecule has 1 rings (SSSR count). The summed E-state index contributed by atoms with van der Waals surface area (Å²) in [5.41, 5.74) is 1.25. The Morgan fingerprint density at radius 3 is 2.54 bits per heavy atom. The first-order chi connectivity index (χ1) is 6.19. The van der Waals surface area contributed by atoms with Gasteiger partial charge in [0.25, 0.3) is 0 Å². The van der Waals surface area contributed by atoms with Crippen molar-refractivity contribution in [2.75, 3.05) is 26.1 Å². The zero-order valence-electron chi connectivity index (χ0n) is 7.94. The lowest BCUT2D eigenvalue weighted by molar-refractivity contribution is 0.415. The smallest absolute Gasteiger partial charge is 0.142 e. The molecule has 0 heterocycles. The summed E-state index contributed by atoms with van der Waals surface area (Å²) in [6.07, 6.45) is 0. The van der Waals surface area contributed by atoms with Crippen LogP contribution in [0.4, 0.5) is 11.4 Å². The highest BCUT2D eigenvalue weighted by atomic mass is 16.5. The number of hydrogen-bond acceptors (Lipinski definition) is 4. The third kappa shape index (κ3) is 1.96. The molecule has 0 amide bonds. The molecule has 70 valence electrons. The van der Waals surface area contributed by atoms with Crippen molar-refractivity contribution in [3.05, 3.63) is 23.1 Å². The molecule has 13 heavy (non-hydrogen) atoms. The monoisotopic (exact) mass is 180 g/mol. The van der Waals surface area contributed by atoms with E-state index in [1.54, 1.807) is 25.3 Å². The maximum Gasteiger partial charge on any atom is 0.142 e. The lowest BCUT2D eigenvalue weighted by Gasteiger charge is -2.16. The highest BCUT2D eigenvalue weighted by Gasteiger charge is 2.05. The second-order valence-electron chi connectivity index (χ2n) is 2.84. The van der Waals surface area contributed by atoms with Crippen molar-refractivity contribution < 1.29 is 4.74 Å². The van der Waals surface area contributed by atoms with E-state index in [2.05, 4.69) is 5.18 Å². The van der Waals surface area contributed by atoms with Crippen molar-refractivity contribution >= 4 is 11.4 Å². The minimum atomic E-state index is 0.407. The van der Waals surface area contributed by atoms with Crippen molar-refractivity contribution in [2.45, 2.75) is 0 Å². The third-order valence-corrected chi connectivity index (χ3v) is 1.75. The molecular formula is C9H12N2O2. The van der Waals surface area contributed by atoms with Crippen LogP contribution < -0.4 is 9.64 Å². The predicted molar refractivity (Wildman–Crippen MR) is 52.8 cm³/mol. The molecule has 4 heteroatoms. The molecule has 0 aliphatic heterocycles. The van der Waals surface area contributed by atoms with Crippen LogP contribution in [0.3, 0.4) is 0 Å². The van der Waals surface area contributed by atoms with Gasteiger partial charge in [-0.05, 0) is 23.4 Å². The van der Waals surface area contributed by atoms with Crippen molar-refractivity contribution in [3.8, 4) is 5.75 Å². The minimum Gasteiger partial charge on any atom is -0.495 e. The Morgan fingerprint density at radius 1 is 1.38 bits per heavy atom. The van der Waals surface area contributed by atoms with Gasteiger partial charge in [0.1, 0.15) is 11.4 Å². The van der Waals surface area contributed by atoms with Gasteiger partial charge < -0.3 is 9.64 Å². The van der Waals surface area contributed by atoms with E-state index in [4.69, 9.17) is 4.74 Å². The Bertz CT molecular complexity index is 310. The predicted octanol–water partition coefficient (Wildman–Crippen LogP) is 2.16. The van der Waals surface area contributed by atoms with Crippen LogP contribution in [0.25, 0.3) is 0 Å². The van der Waals surface area contributed by atoms with Gasteiger partial charge in [0.05, 0.1) is 12.8 Å². The number of anilines is 1. The quantitative estimate of drug-likeness (QED) is 0.669. The van der Waals surface area contributed by atoms with E-state index in [0.29, 0.717) is 5.69 Å². The van der Waals surface area contributed by atoms with E-state index in [1.807, 2.05) is 19.0 Å². The molecule has 0 fully saturated rings. The number of benzene rings is 1. The van der Waals surface area contributed by atoms with Gasteiger partial charge >= 0.3 is 0 Å². The Balaban J connectivity index is 3.17. The van der Waals surface area contributed by atoms with Crippen LogP contribution in [0.5, 0.6) is 5.75 Å². The molecule has 0 aliphatic rings. The van der Waals surface area contributed by atoms with Gasteiger partial charge in [-0.25, -0.2) is 0 Å². The van der Waals surface area contributed by atoms with Crippen LogP contribution in [0, 0.1) is 4.91 Å². The van der Waals surface area contributed by atoms with E-state index in [9.17, 15) is 4.91 Å². The average Bonchev–Trinajstić information content (AvgIpc) is 2.16. The highest BCUT2D eigenvalue weighted by molar-refractivity contribution is 5.63. The summed E-state index contributed by atoms with van der Waals surface area (Å²) in [5, 5.41) is 2.86. The fourth-order valence-corrected chi connectivity index (χ4v) is 1.08. The Labute approximate surface area is 77.1 Å². The number of nitroso groups, excluding NO2 is 1. The molecule has 0 saturated carbocycles. The second kappa shape index (κ2) is 3.89. The van der Waals surface area contributed by atoms with E-state index < -0.39 is 0 Å². The summed E-state index contributed by atoms with van der Waals surface area (Å²) >= 11 is 0.